The van der Waals surface area contributed by atoms with Gasteiger partial charge < -0.3 is 10.0 Å². The lowest BCUT2D eigenvalue weighted by molar-refractivity contribution is -0.140. The number of carbonyl (C=O) groups excluding carboxylic acids is 1. The molecular formula is C16H22N2O3. The smallest absolute Gasteiger partial charge is 0.325 e. The minimum absolute atomic E-state index is 0.0209. The molecule has 1 unspecified atom stereocenters. The predicted octanol–water partition coefficient (Wildman–Crippen LogP) is 1.83. The SMILES string of the molecule is C=C(C)CN(CC)C(=O)CNC(C(=O)O)c1ccccc1. The summed E-state index contributed by atoms with van der Waals surface area (Å²) in [7, 11) is 0. The van der Waals surface area contributed by atoms with E-state index in [1.54, 1.807) is 29.2 Å². The Morgan fingerprint density at radius 2 is 1.95 bits per heavy atom. The van der Waals surface area contributed by atoms with Gasteiger partial charge in [-0.15, -0.1) is 0 Å². The number of nitrogens with zero attached hydrogens (tertiary/aromatic N) is 1. The second kappa shape index (κ2) is 8.21. The number of benzene rings is 1. The van der Waals surface area contributed by atoms with Crippen molar-refractivity contribution < 1.29 is 14.7 Å². The van der Waals surface area contributed by atoms with Crippen LogP contribution in [0, 0.1) is 0 Å². The van der Waals surface area contributed by atoms with Crippen molar-refractivity contribution in [1.82, 2.24) is 10.2 Å². The van der Waals surface area contributed by atoms with Gasteiger partial charge >= 0.3 is 5.97 Å². The van der Waals surface area contributed by atoms with Gasteiger partial charge in [0.05, 0.1) is 6.54 Å². The van der Waals surface area contributed by atoms with E-state index in [0.717, 1.165) is 5.57 Å². The van der Waals surface area contributed by atoms with Gasteiger partial charge in [0.25, 0.3) is 0 Å². The maximum Gasteiger partial charge on any atom is 0.325 e. The van der Waals surface area contributed by atoms with Crippen LogP contribution < -0.4 is 5.32 Å². The second-order valence-corrected chi connectivity index (χ2v) is 4.93. The highest BCUT2D eigenvalue weighted by Gasteiger charge is 2.21. The molecule has 114 valence electrons. The van der Waals surface area contributed by atoms with Crippen molar-refractivity contribution in [2.75, 3.05) is 19.6 Å². The van der Waals surface area contributed by atoms with Gasteiger partial charge in [-0.1, -0.05) is 42.5 Å². The van der Waals surface area contributed by atoms with E-state index < -0.39 is 12.0 Å². The molecule has 0 saturated heterocycles. The van der Waals surface area contributed by atoms with Crippen LogP contribution >= 0.6 is 0 Å². The number of aliphatic carboxylic acids is 1. The normalized spacial score (nSPS) is 11.7. The summed E-state index contributed by atoms with van der Waals surface area (Å²) in [6.45, 7) is 8.56. The molecule has 0 bridgehead atoms. The first-order chi connectivity index (χ1) is 9.95. The van der Waals surface area contributed by atoms with Crippen LogP contribution in [0.4, 0.5) is 0 Å². The molecule has 2 N–H and O–H groups in total. The Balaban J connectivity index is 2.67. The summed E-state index contributed by atoms with van der Waals surface area (Å²) in [5.74, 6) is -1.14. The molecule has 1 amide bonds. The Kier molecular flexibility index (Phi) is 6.62. The van der Waals surface area contributed by atoms with Crippen molar-refractivity contribution in [3.63, 3.8) is 0 Å². The number of carboxylic acids is 1. The van der Waals surface area contributed by atoms with Crippen molar-refractivity contribution >= 4 is 11.9 Å². The number of amides is 1. The first-order valence-electron chi connectivity index (χ1n) is 6.89. The number of hydrogen-bond donors (Lipinski definition) is 2. The van der Waals surface area contributed by atoms with Gasteiger partial charge in [0.2, 0.25) is 5.91 Å². The molecule has 0 aliphatic heterocycles. The molecule has 21 heavy (non-hydrogen) atoms. The molecule has 0 aromatic heterocycles. The molecule has 5 heteroatoms. The molecule has 0 aliphatic rings. The van der Waals surface area contributed by atoms with Crippen LogP contribution in [-0.4, -0.2) is 41.5 Å². The molecule has 0 saturated carbocycles. The fourth-order valence-electron chi connectivity index (χ4n) is 2.00. The third-order valence-corrected chi connectivity index (χ3v) is 3.03. The van der Waals surface area contributed by atoms with Gasteiger partial charge in [-0.3, -0.25) is 14.9 Å². The molecule has 1 atom stereocenters. The first kappa shape index (κ1) is 16.9. The summed E-state index contributed by atoms with van der Waals surface area (Å²) in [6, 6.07) is 7.92. The molecule has 0 heterocycles. The Labute approximate surface area is 125 Å². The molecule has 0 spiro atoms. The Morgan fingerprint density at radius 1 is 1.33 bits per heavy atom. The quantitative estimate of drug-likeness (QED) is 0.717. The van der Waals surface area contributed by atoms with Gasteiger partial charge in [0, 0.05) is 13.1 Å². The van der Waals surface area contributed by atoms with E-state index in [9.17, 15) is 14.7 Å². The zero-order valence-corrected chi connectivity index (χ0v) is 12.5. The zero-order valence-electron chi connectivity index (χ0n) is 12.5. The van der Waals surface area contributed by atoms with Crippen LogP contribution in [0.1, 0.15) is 25.5 Å². The molecule has 0 radical (unpaired) electrons. The van der Waals surface area contributed by atoms with Crippen molar-refractivity contribution in [3.8, 4) is 0 Å². The summed E-state index contributed by atoms with van der Waals surface area (Å²) in [4.78, 5) is 25.1. The van der Waals surface area contributed by atoms with E-state index in [0.29, 0.717) is 18.7 Å². The predicted molar refractivity (Wildman–Crippen MR) is 81.9 cm³/mol. The topological polar surface area (TPSA) is 69.6 Å². The average molecular weight is 290 g/mol. The number of hydrogen-bond acceptors (Lipinski definition) is 3. The van der Waals surface area contributed by atoms with E-state index in [1.165, 1.54) is 0 Å². The first-order valence-corrected chi connectivity index (χ1v) is 6.89. The number of rotatable bonds is 8. The highest BCUT2D eigenvalue weighted by atomic mass is 16.4. The van der Waals surface area contributed by atoms with E-state index in [2.05, 4.69) is 11.9 Å². The van der Waals surface area contributed by atoms with Gasteiger partial charge in [-0.2, -0.15) is 0 Å². The highest BCUT2D eigenvalue weighted by Crippen LogP contribution is 2.12. The minimum atomic E-state index is -1.00. The van der Waals surface area contributed by atoms with Crippen molar-refractivity contribution in [3.05, 3.63) is 48.0 Å². The fourth-order valence-corrected chi connectivity index (χ4v) is 2.00. The summed E-state index contributed by atoms with van der Waals surface area (Å²) < 4.78 is 0. The fraction of sp³-hybridized carbons (Fsp3) is 0.375. The van der Waals surface area contributed by atoms with Gasteiger partial charge in [0.1, 0.15) is 6.04 Å². The van der Waals surface area contributed by atoms with Gasteiger partial charge in [0.15, 0.2) is 0 Å². The molecule has 1 aromatic carbocycles. The van der Waals surface area contributed by atoms with Crippen molar-refractivity contribution in [2.24, 2.45) is 0 Å². The third kappa shape index (κ3) is 5.39. The maximum absolute atomic E-state index is 12.1. The molecule has 0 fully saturated rings. The van der Waals surface area contributed by atoms with Crippen LogP contribution in [-0.2, 0) is 9.59 Å². The number of nitrogens with one attached hydrogen (secondary N) is 1. The summed E-state index contributed by atoms with van der Waals surface area (Å²) >= 11 is 0. The average Bonchev–Trinajstić information content (AvgIpc) is 2.45. The minimum Gasteiger partial charge on any atom is -0.480 e. The molecular weight excluding hydrogens is 268 g/mol. The monoisotopic (exact) mass is 290 g/mol. The molecule has 1 aromatic rings. The van der Waals surface area contributed by atoms with Crippen LogP contribution in [0.25, 0.3) is 0 Å². The lowest BCUT2D eigenvalue weighted by atomic mass is 10.1. The van der Waals surface area contributed by atoms with Crippen LogP contribution in [0.15, 0.2) is 42.5 Å². The Hall–Kier alpha value is -2.14. The second-order valence-electron chi connectivity index (χ2n) is 4.93. The van der Waals surface area contributed by atoms with Crippen molar-refractivity contribution in [1.29, 1.82) is 0 Å². The standard InChI is InChI=1S/C16H22N2O3/c1-4-18(11-12(2)3)14(19)10-17-15(16(20)21)13-8-6-5-7-9-13/h5-9,15,17H,2,4,10-11H2,1,3H3,(H,20,21). The Bertz CT molecular complexity index is 500. The summed E-state index contributed by atoms with van der Waals surface area (Å²) in [6.07, 6.45) is 0. The van der Waals surface area contributed by atoms with Gasteiger partial charge in [-0.05, 0) is 19.4 Å². The van der Waals surface area contributed by atoms with E-state index in [1.807, 2.05) is 19.9 Å². The zero-order chi connectivity index (χ0) is 15.8. The third-order valence-electron chi connectivity index (χ3n) is 3.03. The van der Waals surface area contributed by atoms with Gasteiger partial charge in [-0.25, -0.2) is 0 Å². The largest absolute Gasteiger partial charge is 0.480 e. The summed E-state index contributed by atoms with van der Waals surface area (Å²) in [5.41, 5.74) is 1.52. The molecule has 0 aliphatic carbocycles. The van der Waals surface area contributed by atoms with Crippen molar-refractivity contribution in [2.45, 2.75) is 19.9 Å². The number of carbonyl (C=O) groups is 2. The maximum atomic E-state index is 12.1. The number of carboxylic acid groups (broad SMARTS) is 1. The summed E-state index contributed by atoms with van der Waals surface area (Å²) in [5, 5.41) is 12.1. The van der Waals surface area contributed by atoms with Crippen LogP contribution in [0.2, 0.25) is 0 Å². The van der Waals surface area contributed by atoms with E-state index in [4.69, 9.17) is 0 Å². The van der Waals surface area contributed by atoms with E-state index in [-0.39, 0.29) is 12.5 Å². The lowest BCUT2D eigenvalue weighted by Gasteiger charge is -2.22. The van der Waals surface area contributed by atoms with Crippen LogP contribution in [0.3, 0.4) is 0 Å². The molecule has 5 nitrogen and oxygen atoms in total. The highest BCUT2D eigenvalue weighted by molar-refractivity contribution is 5.80. The Morgan fingerprint density at radius 3 is 2.43 bits per heavy atom. The van der Waals surface area contributed by atoms with E-state index >= 15 is 0 Å². The van der Waals surface area contributed by atoms with Crippen LogP contribution in [0.5, 0.6) is 0 Å². The lowest BCUT2D eigenvalue weighted by Crippen LogP contribution is -2.41. The molecule has 1 rings (SSSR count). The number of likely N-dealkylation sites (N-methyl/N-ethyl adjacent to an activating group) is 1.